The lowest BCUT2D eigenvalue weighted by molar-refractivity contribution is 0.0870. The van der Waals surface area contributed by atoms with Gasteiger partial charge in [0.25, 0.3) is 0 Å². The highest BCUT2D eigenvalue weighted by molar-refractivity contribution is 4.77. The predicted molar refractivity (Wildman–Crippen MR) is 68.5 cm³/mol. The summed E-state index contributed by atoms with van der Waals surface area (Å²) in [5.74, 6) is 1.36. The predicted octanol–water partition coefficient (Wildman–Crippen LogP) is 1.77. The summed E-state index contributed by atoms with van der Waals surface area (Å²) in [4.78, 5) is 0. The van der Waals surface area contributed by atoms with Crippen molar-refractivity contribution in [1.29, 1.82) is 0 Å². The van der Waals surface area contributed by atoms with E-state index in [0.29, 0.717) is 17.9 Å². The zero-order valence-corrected chi connectivity index (χ0v) is 10.9. The normalized spacial score (nSPS) is 27.2. The fraction of sp³-hybridized carbons (Fsp3) is 1.00. The van der Waals surface area contributed by atoms with Crippen LogP contribution in [-0.4, -0.2) is 32.3 Å². The summed E-state index contributed by atoms with van der Waals surface area (Å²) < 4.78 is 5.68. The van der Waals surface area contributed by atoms with E-state index in [1.165, 1.54) is 19.3 Å². The molecule has 3 N–H and O–H groups in total. The molecule has 0 radical (unpaired) electrons. The molecule has 0 aromatic heterocycles. The average molecular weight is 228 g/mol. The summed E-state index contributed by atoms with van der Waals surface area (Å²) in [6.07, 6.45) is 5.30. The first kappa shape index (κ1) is 13.9. The molecule has 16 heavy (non-hydrogen) atoms. The molecule has 0 saturated carbocycles. The minimum atomic E-state index is 0.481. The van der Waals surface area contributed by atoms with Crippen molar-refractivity contribution < 1.29 is 4.74 Å². The summed E-state index contributed by atoms with van der Waals surface area (Å²) in [5, 5.41) is 3.57. The summed E-state index contributed by atoms with van der Waals surface area (Å²) in [6, 6.07) is 0. The van der Waals surface area contributed by atoms with E-state index in [9.17, 15) is 0 Å². The second kappa shape index (κ2) is 8.04. The van der Waals surface area contributed by atoms with Crippen molar-refractivity contribution in [2.24, 2.45) is 17.6 Å². The molecule has 0 aliphatic carbocycles. The molecule has 0 aromatic rings. The van der Waals surface area contributed by atoms with Crippen LogP contribution in [0.2, 0.25) is 0 Å². The number of hydrogen-bond donors (Lipinski definition) is 2. The van der Waals surface area contributed by atoms with E-state index in [1.807, 2.05) is 0 Å². The Kier molecular flexibility index (Phi) is 7.01. The SMILES string of the molecule is CCCC(CN)CNCC1CCOC1CC. The van der Waals surface area contributed by atoms with Crippen LogP contribution >= 0.6 is 0 Å². The van der Waals surface area contributed by atoms with Crippen molar-refractivity contribution in [1.82, 2.24) is 5.32 Å². The monoisotopic (exact) mass is 228 g/mol. The van der Waals surface area contributed by atoms with Gasteiger partial charge in [-0.05, 0) is 44.2 Å². The molecule has 3 nitrogen and oxygen atoms in total. The van der Waals surface area contributed by atoms with Crippen LogP contribution in [0.1, 0.15) is 39.5 Å². The number of rotatable bonds is 8. The Morgan fingerprint density at radius 1 is 1.44 bits per heavy atom. The molecular weight excluding hydrogens is 200 g/mol. The van der Waals surface area contributed by atoms with Crippen molar-refractivity contribution in [3.05, 3.63) is 0 Å². The zero-order valence-electron chi connectivity index (χ0n) is 10.9. The Bertz CT molecular complexity index is 175. The van der Waals surface area contributed by atoms with Gasteiger partial charge in [-0.2, -0.15) is 0 Å². The molecule has 1 rings (SSSR count). The molecule has 96 valence electrons. The third-order valence-electron chi connectivity index (χ3n) is 3.62. The third kappa shape index (κ3) is 4.40. The van der Waals surface area contributed by atoms with Crippen LogP contribution in [0, 0.1) is 11.8 Å². The van der Waals surface area contributed by atoms with Gasteiger partial charge < -0.3 is 15.8 Å². The largest absolute Gasteiger partial charge is 0.378 e. The molecule has 1 fully saturated rings. The van der Waals surface area contributed by atoms with Crippen LogP contribution in [0.25, 0.3) is 0 Å². The van der Waals surface area contributed by atoms with Crippen molar-refractivity contribution >= 4 is 0 Å². The van der Waals surface area contributed by atoms with Gasteiger partial charge in [0.15, 0.2) is 0 Å². The van der Waals surface area contributed by atoms with E-state index in [0.717, 1.165) is 32.7 Å². The smallest absolute Gasteiger partial charge is 0.0613 e. The van der Waals surface area contributed by atoms with Gasteiger partial charge in [-0.25, -0.2) is 0 Å². The maximum Gasteiger partial charge on any atom is 0.0613 e. The highest BCUT2D eigenvalue weighted by Gasteiger charge is 2.26. The Balaban J connectivity index is 2.13. The lowest BCUT2D eigenvalue weighted by Crippen LogP contribution is -2.34. The highest BCUT2D eigenvalue weighted by Crippen LogP contribution is 2.22. The van der Waals surface area contributed by atoms with Crippen LogP contribution in [-0.2, 0) is 4.74 Å². The van der Waals surface area contributed by atoms with E-state index in [4.69, 9.17) is 10.5 Å². The molecule has 3 heteroatoms. The maximum atomic E-state index is 5.74. The minimum absolute atomic E-state index is 0.481. The van der Waals surface area contributed by atoms with Gasteiger partial charge in [0.2, 0.25) is 0 Å². The number of hydrogen-bond acceptors (Lipinski definition) is 3. The van der Waals surface area contributed by atoms with Crippen LogP contribution in [0.15, 0.2) is 0 Å². The molecule has 3 unspecified atom stereocenters. The summed E-state index contributed by atoms with van der Waals surface area (Å²) >= 11 is 0. The molecule has 0 aromatic carbocycles. The van der Waals surface area contributed by atoms with Crippen LogP contribution in [0.3, 0.4) is 0 Å². The lowest BCUT2D eigenvalue weighted by Gasteiger charge is -2.20. The van der Waals surface area contributed by atoms with Crippen molar-refractivity contribution in [3.8, 4) is 0 Å². The van der Waals surface area contributed by atoms with Crippen LogP contribution in [0.4, 0.5) is 0 Å². The van der Waals surface area contributed by atoms with Crippen molar-refractivity contribution in [2.45, 2.75) is 45.6 Å². The zero-order chi connectivity index (χ0) is 11.8. The quantitative estimate of drug-likeness (QED) is 0.665. The fourth-order valence-electron chi connectivity index (χ4n) is 2.56. The Morgan fingerprint density at radius 3 is 2.88 bits per heavy atom. The van der Waals surface area contributed by atoms with Crippen molar-refractivity contribution in [2.75, 3.05) is 26.2 Å². The summed E-state index contributed by atoms with van der Waals surface area (Å²) in [5.41, 5.74) is 5.74. The summed E-state index contributed by atoms with van der Waals surface area (Å²) in [6.45, 7) is 8.35. The number of ether oxygens (including phenoxy) is 1. The maximum absolute atomic E-state index is 5.74. The first-order valence-corrected chi connectivity index (χ1v) is 6.84. The standard InChI is InChI=1S/C13H28N2O/c1-3-5-11(8-14)9-15-10-12-6-7-16-13(12)4-2/h11-13,15H,3-10,14H2,1-2H3. The minimum Gasteiger partial charge on any atom is -0.378 e. The average Bonchev–Trinajstić information content (AvgIpc) is 2.75. The Morgan fingerprint density at radius 2 is 2.25 bits per heavy atom. The van der Waals surface area contributed by atoms with Gasteiger partial charge in [0.05, 0.1) is 6.10 Å². The van der Waals surface area contributed by atoms with Crippen LogP contribution in [0.5, 0.6) is 0 Å². The second-order valence-electron chi connectivity index (χ2n) is 4.91. The lowest BCUT2D eigenvalue weighted by atomic mass is 9.98. The Labute approximate surface area is 100 Å². The molecule has 0 spiro atoms. The molecular formula is C13H28N2O. The van der Waals surface area contributed by atoms with Crippen LogP contribution < -0.4 is 11.1 Å². The third-order valence-corrected chi connectivity index (χ3v) is 3.62. The number of nitrogens with one attached hydrogen (secondary N) is 1. The van der Waals surface area contributed by atoms with Gasteiger partial charge in [-0.15, -0.1) is 0 Å². The molecule has 1 aliphatic heterocycles. The molecule has 3 atom stereocenters. The van der Waals surface area contributed by atoms with Crippen molar-refractivity contribution in [3.63, 3.8) is 0 Å². The first-order chi connectivity index (χ1) is 7.81. The highest BCUT2D eigenvalue weighted by atomic mass is 16.5. The fourth-order valence-corrected chi connectivity index (χ4v) is 2.56. The summed E-state index contributed by atoms with van der Waals surface area (Å²) in [7, 11) is 0. The molecule has 0 bridgehead atoms. The molecule has 1 heterocycles. The molecule has 0 amide bonds. The van der Waals surface area contributed by atoms with Gasteiger partial charge in [-0.3, -0.25) is 0 Å². The molecule has 1 saturated heterocycles. The first-order valence-electron chi connectivity index (χ1n) is 6.84. The van der Waals surface area contributed by atoms with E-state index in [1.54, 1.807) is 0 Å². The van der Waals surface area contributed by atoms with E-state index >= 15 is 0 Å². The van der Waals surface area contributed by atoms with E-state index in [2.05, 4.69) is 19.2 Å². The van der Waals surface area contributed by atoms with E-state index < -0.39 is 0 Å². The molecule has 1 aliphatic rings. The van der Waals surface area contributed by atoms with Gasteiger partial charge >= 0.3 is 0 Å². The van der Waals surface area contributed by atoms with E-state index in [-0.39, 0.29) is 0 Å². The number of nitrogens with two attached hydrogens (primary N) is 1. The Hall–Kier alpha value is -0.120. The van der Waals surface area contributed by atoms with Gasteiger partial charge in [0.1, 0.15) is 0 Å². The van der Waals surface area contributed by atoms with Gasteiger partial charge in [-0.1, -0.05) is 20.3 Å². The topological polar surface area (TPSA) is 47.3 Å². The second-order valence-corrected chi connectivity index (χ2v) is 4.91. The van der Waals surface area contributed by atoms with Gasteiger partial charge in [0, 0.05) is 13.2 Å².